The Hall–Kier alpha value is -1.75. The van der Waals surface area contributed by atoms with Crippen molar-refractivity contribution in [2.24, 2.45) is 0 Å². The van der Waals surface area contributed by atoms with Gasteiger partial charge in [0.2, 0.25) is 0 Å². The molecule has 1 aliphatic rings. The molecule has 0 aromatic carbocycles. The van der Waals surface area contributed by atoms with Crippen LogP contribution < -0.4 is 5.32 Å². The lowest BCUT2D eigenvalue weighted by atomic mass is 10.1. The minimum Gasteiger partial charge on any atom is -0.379 e. The molecule has 0 saturated carbocycles. The first-order chi connectivity index (χ1) is 7.86. The van der Waals surface area contributed by atoms with Gasteiger partial charge in [0.1, 0.15) is 5.70 Å². The van der Waals surface area contributed by atoms with Crippen LogP contribution in [0.2, 0.25) is 0 Å². The van der Waals surface area contributed by atoms with Crippen molar-refractivity contribution >= 4 is 0 Å². The lowest BCUT2D eigenvalue weighted by Crippen LogP contribution is -2.22. The van der Waals surface area contributed by atoms with Gasteiger partial charge >= 0.3 is 11.9 Å². The molecule has 0 aromatic heterocycles. The molecule has 0 fully saturated rings. The van der Waals surface area contributed by atoms with E-state index in [2.05, 4.69) is 5.32 Å². The number of hydrogen-bond donors (Lipinski definition) is 1. The Balaban J connectivity index is 3.08. The first-order valence-electron chi connectivity index (χ1n) is 5.02. The highest BCUT2D eigenvalue weighted by molar-refractivity contribution is 5.32. The maximum Gasteiger partial charge on any atom is 0.420 e. The van der Waals surface area contributed by atoms with Crippen molar-refractivity contribution in [2.75, 3.05) is 6.54 Å². The van der Waals surface area contributed by atoms with E-state index in [4.69, 9.17) is 0 Å². The van der Waals surface area contributed by atoms with E-state index in [1.54, 1.807) is 0 Å². The summed E-state index contributed by atoms with van der Waals surface area (Å²) < 4.78 is 37.1. The van der Waals surface area contributed by atoms with E-state index < -0.39 is 28.8 Å². The number of rotatable bonds is 4. The summed E-state index contributed by atoms with van der Waals surface area (Å²) in [4.78, 5) is 9.78. The zero-order valence-corrected chi connectivity index (χ0v) is 9.10. The van der Waals surface area contributed by atoms with Crippen LogP contribution in [0.25, 0.3) is 0 Å². The number of nitro groups is 1. The second-order valence-corrected chi connectivity index (χ2v) is 3.46. The fraction of sp³-hybridized carbons (Fsp3) is 0.500. The molecule has 94 valence electrons. The second kappa shape index (κ2) is 5.05. The minimum absolute atomic E-state index is 0.102. The molecule has 0 atom stereocenters. The molecule has 0 aromatic rings. The van der Waals surface area contributed by atoms with E-state index in [1.807, 2.05) is 12.7 Å². The average molecular weight is 248 g/mol. The number of halogens is 3. The van der Waals surface area contributed by atoms with Gasteiger partial charge in [0.15, 0.2) is 0 Å². The molecule has 4 nitrogen and oxygen atoms in total. The molecule has 1 N–H and O–H groups in total. The van der Waals surface area contributed by atoms with Crippen molar-refractivity contribution in [3.63, 3.8) is 0 Å². The standard InChI is InChI=1S/C10H11F3N2O2/c1-2-5-14-8-4-3-7(10(11,12)13)6-9(8)15(16)17/h4,14H,2-3,5H2,1H3. The highest BCUT2D eigenvalue weighted by Gasteiger charge is 2.36. The fourth-order valence-corrected chi connectivity index (χ4v) is 1.31. The van der Waals surface area contributed by atoms with Crippen molar-refractivity contribution in [1.82, 2.24) is 5.32 Å². The summed E-state index contributed by atoms with van der Waals surface area (Å²) in [6.45, 7) is 2.31. The normalized spacial score (nSPS) is 15.9. The van der Waals surface area contributed by atoms with E-state index in [9.17, 15) is 23.3 Å². The van der Waals surface area contributed by atoms with Crippen molar-refractivity contribution in [1.29, 1.82) is 0 Å². The molecule has 0 spiro atoms. The Morgan fingerprint density at radius 1 is 1.59 bits per heavy atom. The van der Waals surface area contributed by atoms with Gasteiger partial charge in [0.25, 0.3) is 0 Å². The third-order valence-corrected chi connectivity index (χ3v) is 2.12. The molecule has 0 radical (unpaired) electrons. The predicted molar refractivity (Wildman–Crippen MR) is 54.6 cm³/mol. The quantitative estimate of drug-likeness (QED) is 0.472. The van der Waals surface area contributed by atoms with Gasteiger partial charge in [0.05, 0.1) is 10.5 Å². The van der Waals surface area contributed by atoms with Crippen LogP contribution in [0.4, 0.5) is 13.2 Å². The summed E-state index contributed by atoms with van der Waals surface area (Å²) >= 11 is 0. The molecule has 0 amide bonds. The molecular weight excluding hydrogens is 237 g/mol. The van der Waals surface area contributed by atoms with Crippen LogP contribution in [0.1, 0.15) is 19.8 Å². The SMILES string of the molecule is CCCNC1=CCC(C(F)(F)F)=C=C1[N+](=O)[O-]. The average Bonchev–Trinajstić information content (AvgIpc) is 2.24. The van der Waals surface area contributed by atoms with Crippen LogP contribution in [-0.4, -0.2) is 17.6 Å². The van der Waals surface area contributed by atoms with Gasteiger partial charge in [-0.1, -0.05) is 6.92 Å². The molecule has 7 heteroatoms. The highest BCUT2D eigenvalue weighted by atomic mass is 19.4. The Labute approximate surface area is 95.6 Å². The fourth-order valence-electron chi connectivity index (χ4n) is 1.31. The Kier molecular flexibility index (Phi) is 3.96. The van der Waals surface area contributed by atoms with Gasteiger partial charge in [0, 0.05) is 13.0 Å². The predicted octanol–water partition coefficient (Wildman–Crippen LogP) is 2.52. The summed E-state index contributed by atoms with van der Waals surface area (Å²) in [6, 6.07) is 0. The zero-order chi connectivity index (χ0) is 13.1. The summed E-state index contributed by atoms with van der Waals surface area (Å²) in [5, 5.41) is 13.4. The summed E-state index contributed by atoms with van der Waals surface area (Å²) in [5.41, 5.74) is 0.254. The van der Waals surface area contributed by atoms with Crippen LogP contribution in [0, 0.1) is 10.1 Å². The zero-order valence-electron chi connectivity index (χ0n) is 9.10. The highest BCUT2D eigenvalue weighted by Crippen LogP contribution is 2.31. The van der Waals surface area contributed by atoms with Crippen LogP contribution in [0.5, 0.6) is 0 Å². The largest absolute Gasteiger partial charge is 0.420 e. The molecule has 0 heterocycles. The first-order valence-corrected chi connectivity index (χ1v) is 5.02. The van der Waals surface area contributed by atoms with Gasteiger partial charge < -0.3 is 5.32 Å². The second-order valence-electron chi connectivity index (χ2n) is 3.46. The number of hydrogen-bond acceptors (Lipinski definition) is 3. The van der Waals surface area contributed by atoms with E-state index in [1.165, 1.54) is 6.08 Å². The first kappa shape index (κ1) is 13.3. The van der Waals surface area contributed by atoms with Crippen molar-refractivity contribution < 1.29 is 18.1 Å². The Morgan fingerprint density at radius 3 is 2.71 bits per heavy atom. The molecule has 0 unspecified atom stereocenters. The summed E-state index contributed by atoms with van der Waals surface area (Å²) in [7, 11) is 0. The van der Waals surface area contributed by atoms with E-state index in [0.717, 1.165) is 6.42 Å². The molecule has 0 bridgehead atoms. The monoisotopic (exact) mass is 248 g/mol. The molecular formula is C10H11F3N2O2. The van der Waals surface area contributed by atoms with Crippen LogP contribution in [0.3, 0.4) is 0 Å². The topological polar surface area (TPSA) is 55.2 Å². The van der Waals surface area contributed by atoms with Crippen LogP contribution in [-0.2, 0) is 0 Å². The van der Waals surface area contributed by atoms with Gasteiger partial charge in [-0.15, -0.1) is 0 Å². The minimum atomic E-state index is -4.58. The maximum absolute atomic E-state index is 12.4. The van der Waals surface area contributed by atoms with Crippen molar-refractivity contribution in [2.45, 2.75) is 25.9 Å². The van der Waals surface area contributed by atoms with Crippen molar-refractivity contribution in [3.8, 4) is 0 Å². The number of alkyl halides is 3. The van der Waals surface area contributed by atoms with Crippen LogP contribution >= 0.6 is 0 Å². The van der Waals surface area contributed by atoms with Crippen LogP contribution in [0.15, 0.2) is 28.8 Å². The van der Waals surface area contributed by atoms with E-state index in [-0.39, 0.29) is 5.70 Å². The number of nitrogens with one attached hydrogen (secondary N) is 1. The number of allylic oxidation sites excluding steroid dienone is 1. The van der Waals surface area contributed by atoms with Gasteiger partial charge in [-0.2, -0.15) is 13.2 Å². The molecule has 0 aliphatic heterocycles. The maximum atomic E-state index is 12.4. The van der Waals surface area contributed by atoms with Crippen molar-refractivity contribution in [3.05, 3.63) is 38.9 Å². The molecule has 1 rings (SSSR count). The third-order valence-electron chi connectivity index (χ3n) is 2.12. The van der Waals surface area contributed by atoms with Gasteiger partial charge in [-0.3, -0.25) is 10.1 Å². The smallest absolute Gasteiger partial charge is 0.379 e. The molecule has 1 aliphatic carbocycles. The van der Waals surface area contributed by atoms with Gasteiger partial charge in [-0.25, -0.2) is 0 Å². The number of nitrogens with zero attached hydrogens (tertiary/aromatic N) is 1. The third kappa shape index (κ3) is 3.35. The Bertz CT molecular complexity index is 418. The summed E-state index contributed by atoms with van der Waals surface area (Å²) in [6.07, 6.45) is -3.08. The molecule has 0 saturated heterocycles. The molecule has 17 heavy (non-hydrogen) atoms. The van der Waals surface area contributed by atoms with E-state index in [0.29, 0.717) is 6.54 Å². The van der Waals surface area contributed by atoms with Gasteiger partial charge in [-0.05, 0) is 18.2 Å². The Morgan fingerprint density at radius 2 is 2.24 bits per heavy atom. The lowest BCUT2D eigenvalue weighted by molar-refractivity contribution is -0.421. The lowest BCUT2D eigenvalue weighted by Gasteiger charge is -2.13. The summed E-state index contributed by atoms with van der Waals surface area (Å²) in [5.74, 6) is 0. The van der Waals surface area contributed by atoms with E-state index >= 15 is 0 Å².